The summed E-state index contributed by atoms with van der Waals surface area (Å²) in [5, 5.41) is 8.03. The van der Waals surface area contributed by atoms with Gasteiger partial charge in [0.25, 0.3) is 0 Å². The number of furan rings is 1. The van der Waals surface area contributed by atoms with E-state index in [0.717, 1.165) is 49.9 Å². The average molecular weight is 486 g/mol. The van der Waals surface area contributed by atoms with Crippen molar-refractivity contribution in [1.29, 1.82) is 0 Å². The van der Waals surface area contributed by atoms with E-state index in [9.17, 15) is 0 Å². The van der Waals surface area contributed by atoms with Gasteiger partial charge in [-0.3, -0.25) is 4.99 Å². The number of benzene rings is 1. The lowest BCUT2D eigenvalue weighted by molar-refractivity contribution is -0.00501. The number of fused-ring (bicyclic) bond motifs is 1. The number of hydrogen-bond acceptors (Lipinski definition) is 4. The lowest BCUT2D eigenvalue weighted by atomic mass is 9.88. The number of nitrogens with zero attached hydrogens (tertiary/aromatic N) is 2. The highest BCUT2D eigenvalue weighted by Crippen LogP contribution is 2.26. The number of para-hydroxylation sites is 1. The summed E-state index contributed by atoms with van der Waals surface area (Å²) < 4.78 is 11.5. The van der Waals surface area contributed by atoms with Gasteiger partial charge in [-0.05, 0) is 39.9 Å². The van der Waals surface area contributed by atoms with Gasteiger partial charge in [0.15, 0.2) is 5.96 Å². The maximum Gasteiger partial charge on any atom is 0.191 e. The molecule has 0 spiro atoms. The number of rotatable bonds is 5. The standard InChI is InChI=1S/C20H30N4O2.HI/c1-15-16-7-5-6-8-17(16)26-18(15)13-22-19(21-2)23-14-20(24(3)4)9-11-25-12-10-20;/h5-8H,9-14H2,1-4H3,(H2,21,22,23);1H. The highest BCUT2D eigenvalue weighted by atomic mass is 127. The van der Waals surface area contributed by atoms with Crippen molar-refractivity contribution in [2.24, 2.45) is 4.99 Å². The molecule has 1 aromatic carbocycles. The van der Waals surface area contributed by atoms with E-state index in [1.54, 1.807) is 7.05 Å². The minimum atomic E-state index is 0. The highest BCUT2D eigenvalue weighted by molar-refractivity contribution is 14.0. The van der Waals surface area contributed by atoms with Crippen molar-refractivity contribution in [1.82, 2.24) is 15.5 Å². The van der Waals surface area contributed by atoms with Crippen molar-refractivity contribution in [2.75, 3.05) is 40.9 Å². The van der Waals surface area contributed by atoms with Crippen molar-refractivity contribution in [3.05, 3.63) is 35.6 Å². The van der Waals surface area contributed by atoms with E-state index in [-0.39, 0.29) is 29.5 Å². The number of aryl methyl sites for hydroxylation is 1. The molecule has 7 heteroatoms. The van der Waals surface area contributed by atoms with Gasteiger partial charge in [0.2, 0.25) is 0 Å². The number of aliphatic imine (C=N–C) groups is 1. The van der Waals surface area contributed by atoms with Crippen LogP contribution in [-0.4, -0.2) is 57.3 Å². The Labute approximate surface area is 178 Å². The van der Waals surface area contributed by atoms with Gasteiger partial charge in [0.1, 0.15) is 11.3 Å². The Balaban J connectivity index is 0.00000261. The molecular weight excluding hydrogens is 455 g/mol. The largest absolute Gasteiger partial charge is 0.459 e. The van der Waals surface area contributed by atoms with Crippen LogP contribution in [0.4, 0.5) is 0 Å². The number of ether oxygens (including phenoxy) is 1. The van der Waals surface area contributed by atoms with Crippen LogP contribution < -0.4 is 10.6 Å². The molecule has 6 nitrogen and oxygen atoms in total. The van der Waals surface area contributed by atoms with Crippen molar-refractivity contribution < 1.29 is 9.15 Å². The molecule has 0 saturated carbocycles. The van der Waals surface area contributed by atoms with Gasteiger partial charge < -0.3 is 24.7 Å². The molecule has 0 atom stereocenters. The van der Waals surface area contributed by atoms with Gasteiger partial charge in [-0.1, -0.05) is 18.2 Å². The zero-order valence-corrected chi connectivity index (χ0v) is 19.0. The van der Waals surface area contributed by atoms with E-state index in [1.807, 2.05) is 18.2 Å². The third-order valence-electron chi connectivity index (χ3n) is 5.54. The molecule has 1 aromatic heterocycles. The molecular formula is C20H31IN4O2. The molecule has 0 amide bonds. The molecule has 0 radical (unpaired) electrons. The number of halogens is 1. The first-order valence-electron chi connectivity index (χ1n) is 9.22. The van der Waals surface area contributed by atoms with Gasteiger partial charge in [-0.2, -0.15) is 0 Å². The summed E-state index contributed by atoms with van der Waals surface area (Å²) in [5.74, 6) is 1.74. The topological polar surface area (TPSA) is 62.0 Å². The summed E-state index contributed by atoms with van der Waals surface area (Å²) in [4.78, 5) is 6.67. The molecule has 150 valence electrons. The predicted octanol–water partition coefficient (Wildman–Crippen LogP) is 3.14. The number of nitrogens with one attached hydrogen (secondary N) is 2. The monoisotopic (exact) mass is 486 g/mol. The van der Waals surface area contributed by atoms with Crippen molar-refractivity contribution in [3.63, 3.8) is 0 Å². The molecule has 1 fully saturated rings. The Morgan fingerprint density at radius 1 is 1.19 bits per heavy atom. The van der Waals surface area contributed by atoms with Crippen LogP contribution in [0.1, 0.15) is 24.2 Å². The van der Waals surface area contributed by atoms with Crippen molar-refractivity contribution in [2.45, 2.75) is 31.8 Å². The molecule has 1 aliphatic rings. The van der Waals surface area contributed by atoms with Gasteiger partial charge in [0.05, 0.1) is 6.54 Å². The summed E-state index contributed by atoms with van der Waals surface area (Å²) >= 11 is 0. The maximum absolute atomic E-state index is 5.98. The second kappa shape index (κ2) is 9.75. The molecule has 1 saturated heterocycles. The molecule has 0 bridgehead atoms. The Hall–Kier alpha value is -1.32. The van der Waals surface area contributed by atoms with Gasteiger partial charge in [0, 0.05) is 43.3 Å². The maximum atomic E-state index is 5.98. The van der Waals surface area contributed by atoms with Crippen LogP contribution in [0, 0.1) is 6.92 Å². The molecule has 0 unspecified atom stereocenters. The fourth-order valence-corrected chi connectivity index (χ4v) is 3.56. The Morgan fingerprint density at radius 3 is 2.52 bits per heavy atom. The van der Waals surface area contributed by atoms with E-state index < -0.39 is 0 Å². The van der Waals surface area contributed by atoms with E-state index in [4.69, 9.17) is 9.15 Å². The van der Waals surface area contributed by atoms with E-state index in [2.05, 4.69) is 47.6 Å². The summed E-state index contributed by atoms with van der Waals surface area (Å²) in [6, 6.07) is 8.14. The fraction of sp³-hybridized carbons (Fsp3) is 0.550. The third-order valence-corrected chi connectivity index (χ3v) is 5.54. The second-order valence-corrected chi connectivity index (χ2v) is 7.16. The van der Waals surface area contributed by atoms with Crippen LogP contribution in [0.2, 0.25) is 0 Å². The first-order valence-corrected chi connectivity index (χ1v) is 9.22. The van der Waals surface area contributed by atoms with Gasteiger partial charge in [-0.15, -0.1) is 24.0 Å². The van der Waals surface area contributed by atoms with Crippen molar-refractivity contribution >= 4 is 40.9 Å². The number of hydrogen-bond donors (Lipinski definition) is 2. The molecule has 2 aromatic rings. The predicted molar refractivity (Wildman–Crippen MR) is 121 cm³/mol. The second-order valence-electron chi connectivity index (χ2n) is 7.16. The van der Waals surface area contributed by atoms with Crippen LogP contribution in [-0.2, 0) is 11.3 Å². The minimum absolute atomic E-state index is 0. The lowest BCUT2D eigenvalue weighted by Crippen LogP contribution is -2.57. The Morgan fingerprint density at radius 2 is 1.89 bits per heavy atom. The molecule has 2 heterocycles. The summed E-state index contributed by atoms with van der Waals surface area (Å²) in [5.41, 5.74) is 2.21. The van der Waals surface area contributed by atoms with Crippen LogP contribution in [0.15, 0.2) is 33.7 Å². The van der Waals surface area contributed by atoms with E-state index in [0.29, 0.717) is 6.54 Å². The van der Waals surface area contributed by atoms with Crippen LogP contribution in [0.3, 0.4) is 0 Å². The molecule has 0 aliphatic carbocycles. The number of guanidine groups is 1. The van der Waals surface area contributed by atoms with Gasteiger partial charge in [-0.25, -0.2) is 0 Å². The Bertz CT molecular complexity index is 766. The molecule has 1 aliphatic heterocycles. The normalized spacial score (nSPS) is 17.0. The highest BCUT2D eigenvalue weighted by Gasteiger charge is 2.34. The SMILES string of the molecule is CN=C(NCc1oc2ccccc2c1C)NCC1(N(C)C)CCOCC1.I. The lowest BCUT2D eigenvalue weighted by Gasteiger charge is -2.43. The van der Waals surface area contributed by atoms with Gasteiger partial charge >= 0.3 is 0 Å². The molecule has 2 N–H and O–H groups in total. The van der Waals surface area contributed by atoms with Crippen LogP contribution in [0.25, 0.3) is 11.0 Å². The molecule has 3 rings (SSSR count). The number of likely N-dealkylation sites (N-methyl/N-ethyl adjacent to an activating group) is 1. The summed E-state index contributed by atoms with van der Waals surface area (Å²) in [7, 11) is 6.08. The summed E-state index contributed by atoms with van der Waals surface area (Å²) in [6.07, 6.45) is 2.04. The van der Waals surface area contributed by atoms with E-state index >= 15 is 0 Å². The van der Waals surface area contributed by atoms with Crippen LogP contribution in [0.5, 0.6) is 0 Å². The van der Waals surface area contributed by atoms with Crippen LogP contribution >= 0.6 is 24.0 Å². The van der Waals surface area contributed by atoms with E-state index in [1.165, 1.54) is 10.9 Å². The first-order chi connectivity index (χ1) is 12.6. The third kappa shape index (κ3) is 4.94. The fourth-order valence-electron chi connectivity index (χ4n) is 3.56. The smallest absolute Gasteiger partial charge is 0.191 e. The minimum Gasteiger partial charge on any atom is -0.459 e. The zero-order chi connectivity index (χ0) is 18.6. The quantitative estimate of drug-likeness (QED) is 0.387. The first kappa shape index (κ1) is 22.0. The Kier molecular flexibility index (Phi) is 7.93. The average Bonchev–Trinajstić information content (AvgIpc) is 2.99. The zero-order valence-electron chi connectivity index (χ0n) is 16.7. The van der Waals surface area contributed by atoms with Crippen molar-refractivity contribution in [3.8, 4) is 0 Å². The summed E-state index contributed by atoms with van der Waals surface area (Å²) in [6.45, 7) is 5.16. The molecule has 27 heavy (non-hydrogen) atoms.